The van der Waals surface area contributed by atoms with Crippen molar-refractivity contribution in [1.29, 1.82) is 0 Å². The van der Waals surface area contributed by atoms with E-state index in [9.17, 15) is 4.79 Å². The monoisotopic (exact) mass is 365 g/mol. The van der Waals surface area contributed by atoms with E-state index in [1.54, 1.807) is 17.1 Å². The zero-order chi connectivity index (χ0) is 18.8. The van der Waals surface area contributed by atoms with Crippen LogP contribution in [0.25, 0.3) is 22.0 Å². The molecule has 7 nitrogen and oxygen atoms in total. The van der Waals surface area contributed by atoms with E-state index in [0.29, 0.717) is 19.6 Å². The van der Waals surface area contributed by atoms with Gasteiger partial charge in [-0.1, -0.05) is 0 Å². The number of carbonyl (C=O) groups is 1. The summed E-state index contributed by atoms with van der Waals surface area (Å²) in [5.41, 5.74) is 2.62. The van der Waals surface area contributed by atoms with Crippen molar-refractivity contribution < 1.29 is 9.53 Å². The normalized spacial score (nSPS) is 16.5. The first-order chi connectivity index (χ1) is 13.1. The van der Waals surface area contributed by atoms with Gasteiger partial charge in [0.2, 0.25) is 0 Å². The predicted molar refractivity (Wildman–Crippen MR) is 102 cm³/mol. The van der Waals surface area contributed by atoms with Crippen molar-refractivity contribution in [2.24, 2.45) is 7.05 Å². The number of hydrogen-bond acceptors (Lipinski definition) is 6. The molecule has 0 saturated carbocycles. The van der Waals surface area contributed by atoms with Gasteiger partial charge in [-0.3, -0.25) is 24.3 Å². The average Bonchev–Trinajstić information content (AvgIpc) is 3.14. The van der Waals surface area contributed by atoms with Gasteiger partial charge in [0.1, 0.15) is 0 Å². The van der Waals surface area contributed by atoms with Gasteiger partial charge in [-0.05, 0) is 24.4 Å². The van der Waals surface area contributed by atoms with E-state index in [1.165, 1.54) is 0 Å². The van der Waals surface area contributed by atoms with E-state index in [4.69, 9.17) is 4.74 Å². The predicted octanol–water partition coefficient (Wildman–Crippen LogP) is 1.86. The zero-order valence-corrected chi connectivity index (χ0v) is 15.6. The summed E-state index contributed by atoms with van der Waals surface area (Å²) in [6.45, 7) is 4.96. The number of rotatable bonds is 5. The molecule has 0 aromatic carbocycles. The summed E-state index contributed by atoms with van der Waals surface area (Å²) in [7, 11) is 1.88. The molecule has 0 radical (unpaired) electrons. The summed E-state index contributed by atoms with van der Waals surface area (Å²) in [4.78, 5) is 23.8. The molecule has 4 rings (SSSR count). The summed E-state index contributed by atoms with van der Waals surface area (Å²) in [5.74, 6) is 0.185. The van der Waals surface area contributed by atoms with Gasteiger partial charge in [0, 0.05) is 55.4 Å². The molecule has 27 heavy (non-hydrogen) atoms. The van der Waals surface area contributed by atoms with Crippen LogP contribution in [0.2, 0.25) is 0 Å². The highest BCUT2D eigenvalue weighted by molar-refractivity contribution is 5.88. The fraction of sp³-hybridized carbons (Fsp3) is 0.400. The standard InChI is InChI=1S/C20H23N5O2/c1-14(25-3-5-27-6-4-25)20(26)9-18-7-15-8-19(17-12-23-24(2)13-17)22-11-16(15)10-21-18/h7-8,10-14H,3-6,9H2,1-2H3/t14-/m0/s1. The van der Waals surface area contributed by atoms with Gasteiger partial charge < -0.3 is 4.74 Å². The van der Waals surface area contributed by atoms with Crippen molar-refractivity contribution in [3.05, 3.63) is 42.6 Å². The van der Waals surface area contributed by atoms with Gasteiger partial charge >= 0.3 is 0 Å². The molecule has 1 aliphatic rings. The molecule has 1 saturated heterocycles. The van der Waals surface area contributed by atoms with Crippen LogP contribution < -0.4 is 0 Å². The van der Waals surface area contributed by atoms with E-state index in [0.717, 1.165) is 40.8 Å². The van der Waals surface area contributed by atoms with Crippen molar-refractivity contribution in [3.63, 3.8) is 0 Å². The number of Topliss-reactive ketones (excluding diaryl/α,β-unsaturated/α-hetero) is 1. The second kappa shape index (κ2) is 7.54. The SMILES string of the molecule is C[C@@H](C(=O)Cc1cc2cc(-c3cnn(C)c3)ncc2cn1)N1CCOCC1. The maximum atomic E-state index is 12.7. The number of fused-ring (bicyclic) bond motifs is 1. The van der Waals surface area contributed by atoms with Crippen LogP contribution >= 0.6 is 0 Å². The third-order valence-electron chi connectivity index (χ3n) is 5.08. The minimum absolute atomic E-state index is 0.116. The van der Waals surface area contributed by atoms with E-state index >= 15 is 0 Å². The Hall–Kier alpha value is -2.64. The van der Waals surface area contributed by atoms with Crippen molar-refractivity contribution in [3.8, 4) is 11.3 Å². The molecule has 1 atom stereocenters. The molecule has 140 valence electrons. The number of hydrogen-bond donors (Lipinski definition) is 0. The minimum Gasteiger partial charge on any atom is -0.379 e. The van der Waals surface area contributed by atoms with Gasteiger partial charge in [-0.25, -0.2) is 0 Å². The lowest BCUT2D eigenvalue weighted by Crippen LogP contribution is -2.46. The molecule has 4 heterocycles. The fourth-order valence-electron chi connectivity index (χ4n) is 3.39. The summed E-state index contributed by atoms with van der Waals surface area (Å²) in [6.07, 6.45) is 7.66. The van der Waals surface area contributed by atoms with Gasteiger partial charge in [0.25, 0.3) is 0 Å². The minimum atomic E-state index is -0.116. The Morgan fingerprint density at radius 2 is 1.93 bits per heavy atom. The smallest absolute Gasteiger partial charge is 0.155 e. The second-order valence-corrected chi connectivity index (χ2v) is 6.96. The maximum Gasteiger partial charge on any atom is 0.155 e. The van der Waals surface area contributed by atoms with Crippen LogP contribution in [0.4, 0.5) is 0 Å². The molecule has 3 aromatic rings. The number of nitrogens with zero attached hydrogens (tertiary/aromatic N) is 5. The Labute approximate surface area is 158 Å². The largest absolute Gasteiger partial charge is 0.379 e. The number of aryl methyl sites for hydroxylation is 1. The Bertz CT molecular complexity index is 962. The number of ether oxygens (including phenoxy) is 1. The van der Waals surface area contributed by atoms with Crippen molar-refractivity contribution in [1.82, 2.24) is 24.6 Å². The molecule has 3 aromatic heterocycles. The zero-order valence-electron chi connectivity index (χ0n) is 15.6. The molecule has 0 spiro atoms. The summed E-state index contributed by atoms with van der Waals surface area (Å²) in [5, 5.41) is 6.19. The third-order valence-corrected chi connectivity index (χ3v) is 5.08. The molecular formula is C20H23N5O2. The summed E-state index contributed by atoms with van der Waals surface area (Å²) >= 11 is 0. The molecule has 7 heteroatoms. The Balaban J connectivity index is 1.54. The van der Waals surface area contributed by atoms with Crippen LogP contribution in [0.15, 0.2) is 36.9 Å². The average molecular weight is 365 g/mol. The van der Waals surface area contributed by atoms with Gasteiger partial charge in [0.05, 0.1) is 37.6 Å². The topological polar surface area (TPSA) is 73.1 Å². The lowest BCUT2D eigenvalue weighted by atomic mass is 10.0. The second-order valence-electron chi connectivity index (χ2n) is 6.96. The molecule has 0 amide bonds. The van der Waals surface area contributed by atoms with Crippen LogP contribution in [-0.2, 0) is 23.0 Å². The maximum absolute atomic E-state index is 12.7. The van der Waals surface area contributed by atoms with Gasteiger partial charge in [-0.2, -0.15) is 5.10 Å². The molecule has 0 N–H and O–H groups in total. The Kier molecular flexibility index (Phi) is 4.96. The number of morpholine rings is 1. The van der Waals surface area contributed by atoms with E-state index < -0.39 is 0 Å². The molecule has 1 fully saturated rings. The lowest BCUT2D eigenvalue weighted by molar-refractivity contribution is -0.124. The van der Waals surface area contributed by atoms with Crippen molar-refractivity contribution in [2.75, 3.05) is 26.3 Å². The highest BCUT2D eigenvalue weighted by atomic mass is 16.5. The highest BCUT2D eigenvalue weighted by Gasteiger charge is 2.23. The highest BCUT2D eigenvalue weighted by Crippen LogP contribution is 2.22. The Morgan fingerprint density at radius 3 is 2.67 bits per heavy atom. The van der Waals surface area contributed by atoms with Crippen LogP contribution in [0.5, 0.6) is 0 Å². The number of pyridine rings is 2. The van der Waals surface area contributed by atoms with Crippen LogP contribution in [-0.4, -0.2) is 62.8 Å². The van der Waals surface area contributed by atoms with E-state index in [1.807, 2.05) is 38.5 Å². The molecule has 0 unspecified atom stereocenters. The number of ketones is 1. The third kappa shape index (κ3) is 3.89. The van der Waals surface area contributed by atoms with Gasteiger partial charge in [-0.15, -0.1) is 0 Å². The number of carbonyl (C=O) groups excluding carboxylic acids is 1. The first kappa shape index (κ1) is 17.8. The van der Waals surface area contributed by atoms with Crippen LogP contribution in [0.3, 0.4) is 0 Å². The molecule has 0 bridgehead atoms. The molecule has 1 aliphatic heterocycles. The first-order valence-corrected chi connectivity index (χ1v) is 9.18. The summed E-state index contributed by atoms with van der Waals surface area (Å²) in [6, 6.07) is 3.89. The number of aromatic nitrogens is 4. The Morgan fingerprint density at radius 1 is 1.15 bits per heavy atom. The summed E-state index contributed by atoms with van der Waals surface area (Å²) < 4.78 is 7.12. The van der Waals surface area contributed by atoms with Crippen molar-refractivity contribution >= 4 is 16.6 Å². The quantitative estimate of drug-likeness (QED) is 0.687. The fourth-order valence-corrected chi connectivity index (χ4v) is 3.39. The lowest BCUT2D eigenvalue weighted by Gasteiger charge is -2.31. The van der Waals surface area contributed by atoms with E-state index in [2.05, 4.69) is 20.0 Å². The molecular weight excluding hydrogens is 342 g/mol. The van der Waals surface area contributed by atoms with Crippen molar-refractivity contribution in [2.45, 2.75) is 19.4 Å². The van der Waals surface area contributed by atoms with Crippen LogP contribution in [0, 0.1) is 0 Å². The van der Waals surface area contributed by atoms with E-state index in [-0.39, 0.29) is 11.8 Å². The first-order valence-electron chi connectivity index (χ1n) is 9.18. The molecule has 0 aliphatic carbocycles. The van der Waals surface area contributed by atoms with Crippen LogP contribution in [0.1, 0.15) is 12.6 Å². The van der Waals surface area contributed by atoms with Gasteiger partial charge in [0.15, 0.2) is 5.78 Å².